The molecular formula is C28H25FN2O3. The SMILES string of the molecule is CC(C)(F)c1ccc(-c2cc3nccc(-c4cccc(C(=O)N5C[C@H]6C[C@@H]5CO6)c4)c3o2)cc1. The highest BCUT2D eigenvalue weighted by atomic mass is 19.1. The van der Waals surface area contributed by atoms with Gasteiger partial charge in [0.25, 0.3) is 5.91 Å². The predicted molar refractivity (Wildman–Crippen MR) is 128 cm³/mol. The van der Waals surface area contributed by atoms with Crippen LogP contribution in [0.3, 0.4) is 0 Å². The molecule has 0 spiro atoms. The highest BCUT2D eigenvalue weighted by Crippen LogP contribution is 2.35. The molecule has 2 atom stereocenters. The Morgan fingerprint density at radius 2 is 1.91 bits per heavy atom. The highest BCUT2D eigenvalue weighted by Gasteiger charge is 2.41. The molecule has 1 amide bonds. The third-order valence-corrected chi connectivity index (χ3v) is 6.85. The number of benzene rings is 2. The molecule has 4 aromatic rings. The minimum atomic E-state index is -1.40. The van der Waals surface area contributed by atoms with E-state index in [1.807, 2.05) is 53.4 Å². The molecule has 2 aromatic carbocycles. The Morgan fingerprint density at radius 3 is 2.62 bits per heavy atom. The fourth-order valence-electron chi connectivity index (χ4n) is 4.97. The average Bonchev–Trinajstić information content (AvgIpc) is 3.58. The van der Waals surface area contributed by atoms with Crippen LogP contribution in [0.1, 0.15) is 36.2 Å². The van der Waals surface area contributed by atoms with Crippen molar-refractivity contribution in [3.63, 3.8) is 0 Å². The number of ether oxygens (including phenoxy) is 1. The summed E-state index contributed by atoms with van der Waals surface area (Å²) in [6.45, 7) is 4.37. The fourth-order valence-corrected chi connectivity index (χ4v) is 4.97. The van der Waals surface area contributed by atoms with Crippen molar-refractivity contribution in [3.05, 3.63) is 78.0 Å². The third kappa shape index (κ3) is 3.59. The number of halogens is 1. The normalized spacial score (nSPS) is 19.8. The molecule has 6 heteroatoms. The fraction of sp³-hybridized carbons (Fsp3) is 0.286. The number of carbonyl (C=O) groups excluding carboxylic acids is 1. The summed E-state index contributed by atoms with van der Waals surface area (Å²) in [5, 5.41) is 0. The zero-order valence-electron chi connectivity index (χ0n) is 19.1. The van der Waals surface area contributed by atoms with Gasteiger partial charge in [-0.3, -0.25) is 9.78 Å². The lowest BCUT2D eigenvalue weighted by Gasteiger charge is -2.27. The quantitative estimate of drug-likeness (QED) is 0.379. The Balaban J connectivity index is 1.34. The van der Waals surface area contributed by atoms with Gasteiger partial charge in [0.2, 0.25) is 0 Å². The number of furan rings is 1. The van der Waals surface area contributed by atoms with Crippen molar-refractivity contribution in [2.45, 2.75) is 38.1 Å². The Labute approximate surface area is 197 Å². The van der Waals surface area contributed by atoms with Crippen LogP contribution >= 0.6 is 0 Å². The molecule has 0 radical (unpaired) electrons. The van der Waals surface area contributed by atoms with Crippen molar-refractivity contribution >= 4 is 17.0 Å². The smallest absolute Gasteiger partial charge is 0.254 e. The summed E-state index contributed by atoms with van der Waals surface area (Å²) in [5.74, 6) is 0.706. The van der Waals surface area contributed by atoms with E-state index in [1.54, 1.807) is 32.2 Å². The average molecular weight is 457 g/mol. The second kappa shape index (κ2) is 7.77. The molecule has 2 saturated heterocycles. The van der Waals surface area contributed by atoms with Gasteiger partial charge in [-0.2, -0.15) is 0 Å². The molecule has 2 aliphatic rings. The van der Waals surface area contributed by atoms with E-state index < -0.39 is 5.67 Å². The van der Waals surface area contributed by atoms with Crippen molar-refractivity contribution in [3.8, 4) is 22.5 Å². The van der Waals surface area contributed by atoms with Gasteiger partial charge >= 0.3 is 0 Å². The number of alkyl halides is 1. The number of carbonyl (C=O) groups is 1. The number of morpholine rings is 1. The van der Waals surface area contributed by atoms with Gasteiger partial charge in [-0.05, 0) is 49.6 Å². The Kier molecular flexibility index (Phi) is 4.81. The number of hydrogen-bond acceptors (Lipinski definition) is 4. The van der Waals surface area contributed by atoms with Crippen molar-refractivity contribution < 1.29 is 18.3 Å². The van der Waals surface area contributed by atoms with E-state index >= 15 is 0 Å². The molecular weight excluding hydrogens is 431 g/mol. The van der Waals surface area contributed by atoms with E-state index in [0.717, 1.165) is 28.6 Å². The molecule has 5 nitrogen and oxygen atoms in total. The number of hydrogen-bond donors (Lipinski definition) is 0. The number of amides is 1. The Hall–Kier alpha value is -3.51. The van der Waals surface area contributed by atoms with E-state index in [0.29, 0.717) is 35.6 Å². The molecule has 6 rings (SSSR count). The first-order valence-corrected chi connectivity index (χ1v) is 11.6. The van der Waals surface area contributed by atoms with Crippen LogP contribution in [-0.4, -0.2) is 41.1 Å². The topological polar surface area (TPSA) is 55.6 Å². The van der Waals surface area contributed by atoms with Crippen LogP contribution in [0.2, 0.25) is 0 Å². The maximum atomic E-state index is 14.2. The van der Waals surface area contributed by atoms with Crippen LogP contribution in [0, 0.1) is 0 Å². The van der Waals surface area contributed by atoms with Crippen molar-refractivity contribution in [1.82, 2.24) is 9.88 Å². The number of aromatic nitrogens is 1. The predicted octanol–water partition coefficient (Wildman–Crippen LogP) is 5.98. The second-order valence-electron chi connectivity index (χ2n) is 9.62. The van der Waals surface area contributed by atoms with Gasteiger partial charge in [-0.15, -0.1) is 0 Å². The molecule has 34 heavy (non-hydrogen) atoms. The minimum Gasteiger partial charge on any atom is -0.454 e. The summed E-state index contributed by atoms with van der Waals surface area (Å²) in [6.07, 6.45) is 2.84. The van der Waals surface area contributed by atoms with E-state index in [-0.39, 0.29) is 18.1 Å². The molecule has 2 fully saturated rings. The maximum Gasteiger partial charge on any atom is 0.254 e. The summed E-state index contributed by atoms with van der Waals surface area (Å²) in [4.78, 5) is 19.6. The number of rotatable bonds is 4. The Morgan fingerprint density at radius 1 is 1.09 bits per heavy atom. The number of fused-ring (bicyclic) bond motifs is 3. The van der Waals surface area contributed by atoms with E-state index in [9.17, 15) is 9.18 Å². The van der Waals surface area contributed by atoms with Crippen molar-refractivity contribution in [1.29, 1.82) is 0 Å². The van der Waals surface area contributed by atoms with Gasteiger partial charge in [-0.1, -0.05) is 36.4 Å². The van der Waals surface area contributed by atoms with Crippen LogP contribution in [0.5, 0.6) is 0 Å². The number of likely N-dealkylation sites (tertiary alicyclic amines) is 1. The highest BCUT2D eigenvalue weighted by molar-refractivity contribution is 5.98. The summed E-state index contributed by atoms with van der Waals surface area (Å²) in [7, 11) is 0. The molecule has 2 aromatic heterocycles. The van der Waals surface area contributed by atoms with E-state index in [1.165, 1.54) is 0 Å². The molecule has 0 aliphatic carbocycles. The molecule has 0 saturated carbocycles. The summed E-state index contributed by atoms with van der Waals surface area (Å²) >= 11 is 0. The molecule has 0 unspecified atom stereocenters. The molecule has 172 valence electrons. The number of nitrogens with zero attached hydrogens (tertiary/aromatic N) is 2. The standard InChI is InChI=1S/C28H25FN2O3/c1-28(2,29)20-8-6-17(7-9-20)25-14-24-26(34-25)23(10-11-30-24)18-4-3-5-19(12-18)27(32)31-15-22-13-21(31)16-33-22/h3-12,14,21-22H,13,15-16H2,1-2H3/t21-,22-/m1/s1. The first-order chi connectivity index (χ1) is 16.4. The maximum absolute atomic E-state index is 14.2. The van der Waals surface area contributed by atoms with Crippen LogP contribution in [0.15, 0.2) is 71.3 Å². The Bertz CT molecular complexity index is 1390. The summed E-state index contributed by atoms with van der Waals surface area (Å²) in [5.41, 5.74) is 3.89. The van der Waals surface area contributed by atoms with Crippen LogP contribution in [0.25, 0.3) is 33.6 Å². The van der Waals surface area contributed by atoms with Crippen molar-refractivity contribution in [2.75, 3.05) is 13.2 Å². The van der Waals surface area contributed by atoms with Crippen LogP contribution in [0.4, 0.5) is 4.39 Å². The summed E-state index contributed by atoms with van der Waals surface area (Å²) < 4.78 is 26.1. The number of pyridine rings is 1. The monoisotopic (exact) mass is 456 g/mol. The van der Waals surface area contributed by atoms with Gasteiger partial charge in [0.15, 0.2) is 5.58 Å². The first-order valence-electron chi connectivity index (χ1n) is 11.6. The first kappa shape index (κ1) is 21.1. The zero-order valence-corrected chi connectivity index (χ0v) is 19.1. The van der Waals surface area contributed by atoms with Gasteiger partial charge in [0.1, 0.15) is 16.9 Å². The minimum absolute atomic E-state index is 0.0407. The van der Waals surface area contributed by atoms with Crippen molar-refractivity contribution in [2.24, 2.45) is 0 Å². The molecule has 4 heterocycles. The van der Waals surface area contributed by atoms with Gasteiger partial charge in [0.05, 0.1) is 18.8 Å². The molecule has 0 N–H and O–H groups in total. The lowest BCUT2D eigenvalue weighted by molar-refractivity contribution is 0.0259. The van der Waals surface area contributed by atoms with Gasteiger partial charge < -0.3 is 14.1 Å². The van der Waals surface area contributed by atoms with E-state index in [4.69, 9.17) is 9.15 Å². The molecule has 2 aliphatic heterocycles. The van der Waals surface area contributed by atoms with Gasteiger partial charge in [-0.25, -0.2) is 4.39 Å². The molecule has 2 bridgehead atoms. The summed E-state index contributed by atoms with van der Waals surface area (Å²) in [6, 6.07) is 18.9. The van der Waals surface area contributed by atoms with Crippen LogP contribution < -0.4 is 0 Å². The lowest BCUT2D eigenvalue weighted by atomic mass is 9.98. The third-order valence-electron chi connectivity index (χ3n) is 6.85. The largest absolute Gasteiger partial charge is 0.454 e. The van der Waals surface area contributed by atoms with Crippen LogP contribution in [-0.2, 0) is 10.4 Å². The van der Waals surface area contributed by atoms with E-state index in [2.05, 4.69) is 4.98 Å². The van der Waals surface area contributed by atoms with Gasteiger partial charge in [0, 0.05) is 35.5 Å². The second-order valence-corrected chi connectivity index (χ2v) is 9.62. The zero-order chi connectivity index (χ0) is 23.4. The lowest BCUT2D eigenvalue weighted by Crippen LogP contribution is -2.41.